The number of nitrogens with zero attached hydrogens (tertiary/aromatic N) is 1. The standard InChI is InChI=1S/C12H16N4O5/c1-3-20-11(18)8(12(19)21-4-2)5-14-10-7(9(13)17)6-15-16-10/h5-6H,3-4H2,1-2H3,(H2,13,17)(H2,14,15,16). The van der Waals surface area contributed by atoms with Crippen molar-refractivity contribution in [3.05, 3.63) is 23.5 Å². The minimum Gasteiger partial charge on any atom is -0.462 e. The number of carbonyl (C=O) groups is 3. The van der Waals surface area contributed by atoms with Crippen LogP contribution in [0, 0.1) is 0 Å². The first-order valence-electron chi connectivity index (χ1n) is 6.15. The summed E-state index contributed by atoms with van der Waals surface area (Å²) >= 11 is 0. The number of hydrogen-bond acceptors (Lipinski definition) is 7. The molecule has 9 nitrogen and oxygen atoms in total. The molecule has 0 atom stereocenters. The summed E-state index contributed by atoms with van der Waals surface area (Å²) in [6, 6.07) is 0. The van der Waals surface area contributed by atoms with Crippen LogP contribution in [-0.2, 0) is 19.1 Å². The van der Waals surface area contributed by atoms with Gasteiger partial charge in [0.2, 0.25) is 0 Å². The van der Waals surface area contributed by atoms with Crippen molar-refractivity contribution in [1.29, 1.82) is 0 Å². The number of amides is 1. The van der Waals surface area contributed by atoms with E-state index in [0.29, 0.717) is 0 Å². The third-order valence-corrected chi connectivity index (χ3v) is 2.26. The van der Waals surface area contributed by atoms with Gasteiger partial charge in [-0.25, -0.2) is 9.59 Å². The van der Waals surface area contributed by atoms with E-state index < -0.39 is 17.8 Å². The lowest BCUT2D eigenvalue weighted by Crippen LogP contribution is -2.20. The molecule has 1 heterocycles. The molecule has 0 aromatic carbocycles. The Labute approximate surface area is 120 Å². The molecule has 0 saturated heterocycles. The zero-order chi connectivity index (χ0) is 15.8. The van der Waals surface area contributed by atoms with Gasteiger partial charge in [0.15, 0.2) is 5.57 Å². The predicted octanol–water partition coefficient (Wildman–Crippen LogP) is -0.0694. The Morgan fingerprint density at radius 2 is 1.86 bits per heavy atom. The Morgan fingerprint density at radius 3 is 2.33 bits per heavy atom. The van der Waals surface area contributed by atoms with E-state index in [0.717, 1.165) is 6.20 Å². The van der Waals surface area contributed by atoms with Crippen LogP contribution in [0.15, 0.2) is 18.0 Å². The van der Waals surface area contributed by atoms with E-state index in [4.69, 9.17) is 15.2 Å². The first-order valence-corrected chi connectivity index (χ1v) is 6.15. The zero-order valence-electron chi connectivity index (χ0n) is 11.6. The number of carbonyl (C=O) groups excluding carboxylic acids is 3. The molecule has 1 amide bonds. The molecule has 0 aliphatic heterocycles. The number of esters is 2. The number of aromatic amines is 1. The summed E-state index contributed by atoms with van der Waals surface area (Å²) < 4.78 is 9.51. The molecular formula is C12H16N4O5. The zero-order valence-corrected chi connectivity index (χ0v) is 11.6. The van der Waals surface area contributed by atoms with E-state index in [1.807, 2.05) is 0 Å². The monoisotopic (exact) mass is 296 g/mol. The summed E-state index contributed by atoms with van der Waals surface area (Å²) in [5.74, 6) is -2.26. The summed E-state index contributed by atoms with van der Waals surface area (Å²) in [6.45, 7) is 3.42. The number of ether oxygens (including phenoxy) is 2. The maximum absolute atomic E-state index is 11.7. The van der Waals surface area contributed by atoms with Crippen molar-refractivity contribution < 1.29 is 23.9 Å². The van der Waals surface area contributed by atoms with Gasteiger partial charge in [0, 0.05) is 6.20 Å². The maximum atomic E-state index is 11.7. The third-order valence-electron chi connectivity index (χ3n) is 2.26. The number of anilines is 1. The summed E-state index contributed by atoms with van der Waals surface area (Å²) in [5.41, 5.74) is 4.88. The van der Waals surface area contributed by atoms with Crippen LogP contribution in [0.25, 0.3) is 0 Å². The van der Waals surface area contributed by atoms with Crippen molar-refractivity contribution in [2.24, 2.45) is 5.73 Å². The number of hydrogen-bond donors (Lipinski definition) is 3. The molecule has 0 radical (unpaired) electrons. The SMILES string of the molecule is CCOC(=O)C(=CNc1[nH]ncc1C(N)=O)C(=O)OCC. The quantitative estimate of drug-likeness (QED) is 0.277. The Kier molecular flexibility index (Phi) is 5.93. The fourth-order valence-corrected chi connectivity index (χ4v) is 1.35. The minimum atomic E-state index is -0.844. The highest BCUT2D eigenvalue weighted by atomic mass is 16.6. The highest BCUT2D eigenvalue weighted by Gasteiger charge is 2.21. The third kappa shape index (κ3) is 4.34. The van der Waals surface area contributed by atoms with Crippen molar-refractivity contribution in [2.75, 3.05) is 18.5 Å². The van der Waals surface area contributed by atoms with E-state index in [-0.39, 0.29) is 30.2 Å². The molecule has 0 aliphatic rings. The maximum Gasteiger partial charge on any atom is 0.347 e. The van der Waals surface area contributed by atoms with Crippen LogP contribution in [0.2, 0.25) is 0 Å². The van der Waals surface area contributed by atoms with E-state index in [1.54, 1.807) is 13.8 Å². The first-order chi connectivity index (χ1) is 10.0. The average Bonchev–Trinajstić information content (AvgIpc) is 2.88. The molecule has 0 bridgehead atoms. The molecule has 1 aromatic heterocycles. The van der Waals surface area contributed by atoms with Gasteiger partial charge in [-0.2, -0.15) is 5.10 Å². The van der Waals surface area contributed by atoms with Gasteiger partial charge in [0.25, 0.3) is 5.91 Å². The fraction of sp³-hybridized carbons (Fsp3) is 0.333. The smallest absolute Gasteiger partial charge is 0.347 e. The van der Waals surface area contributed by atoms with E-state index in [2.05, 4.69) is 15.5 Å². The van der Waals surface area contributed by atoms with Crippen molar-refractivity contribution in [3.63, 3.8) is 0 Å². The summed E-state index contributed by atoms with van der Waals surface area (Å²) in [4.78, 5) is 34.5. The Morgan fingerprint density at radius 1 is 1.29 bits per heavy atom. The molecular weight excluding hydrogens is 280 g/mol. The van der Waals surface area contributed by atoms with Gasteiger partial charge >= 0.3 is 11.9 Å². The van der Waals surface area contributed by atoms with Crippen molar-refractivity contribution in [2.45, 2.75) is 13.8 Å². The second-order valence-corrected chi connectivity index (χ2v) is 3.67. The lowest BCUT2D eigenvalue weighted by molar-refractivity contribution is -0.146. The molecule has 1 rings (SSSR count). The number of aromatic nitrogens is 2. The van der Waals surface area contributed by atoms with Gasteiger partial charge in [-0.05, 0) is 13.8 Å². The van der Waals surface area contributed by atoms with Crippen LogP contribution in [0.4, 0.5) is 5.82 Å². The second kappa shape index (κ2) is 7.68. The van der Waals surface area contributed by atoms with Gasteiger partial charge < -0.3 is 20.5 Å². The lowest BCUT2D eigenvalue weighted by Gasteiger charge is -2.07. The summed E-state index contributed by atoms with van der Waals surface area (Å²) in [7, 11) is 0. The second-order valence-electron chi connectivity index (χ2n) is 3.67. The van der Waals surface area contributed by atoms with Crippen LogP contribution < -0.4 is 11.1 Å². The van der Waals surface area contributed by atoms with Gasteiger partial charge in [-0.3, -0.25) is 9.89 Å². The van der Waals surface area contributed by atoms with E-state index in [1.165, 1.54) is 6.20 Å². The van der Waals surface area contributed by atoms with Gasteiger partial charge in [-0.15, -0.1) is 0 Å². The van der Waals surface area contributed by atoms with Crippen LogP contribution in [-0.4, -0.2) is 41.3 Å². The molecule has 21 heavy (non-hydrogen) atoms. The average molecular weight is 296 g/mol. The normalized spacial score (nSPS) is 9.62. The molecule has 1 aromatic rings. The highest BCUT2D eigenvalue weighted by molar-refractivity contribution is 6.14. The molecule has 0 spiro atoms. The van der Waals surface area contributed by atoms with E-state index >= 15 is 0 Å². The minimum absolute atomic E-state index is 0.0818. The van der Waals surface area contributed by atoms with E-state index in [9.17, 15) is 14.4 Å². The van der Waals surface area contributed by atoms with Gasteiger partial charge in [-0.1, -0.05) is 0 Å². The highest BCUT2D eigenvalue weighted by Crippen LogP contribution is 2.11. The molecule has 9 heteroatoms. The molecule has 4 N–H and O–H groups in total. The largest absolute Gasteiger partial charge is 0.462 e. The molecule has 114 valence electrons. The number of nitrogens with one attached hydrogen (secondary N) is 2. The Balaban J connectivity index is 2.97. The number of primary amides is 1. The van der Waals surface area contributed by atoms with Crippen LogP contribution in [0.3, 0.4) is 0 Å². The van der Waals surface area contributed by atoms with Crippen LogP contribution >= 0.6 is 0 Å². The summed E-state index contributed by atoms with van der Waals surface area (Å²) in [5, 5.41) is 8.68. The van der Waals surface area contributed by atoms with Crippen molar-refractivity contribution in [1.82, 2.24) is 10.2 Å². The molecule has 0 unspecified atom stereocenters. The topological polar surface area (TPSA) is 136 Å². The number of nitrogens with two attached hydrogens (primary N) is 1. The van der Waals surface area contributed by atoms with Gasteiger partial charge in [0.1, 0.15) is 11.4 Å². The lowest BCUT2D eigenvalue weighted by atomic mass is 10.3. The first kappa shape index (κ1) is 16.2. The summed E-state index contributed by atoms with van der Waals surface area (Å²) in [6.07, 6.45) is 2.28. The molecule has 0 saturated carbocycles. The molecule has 0 fully saturated rings. The number of rotatable bonds is 7. The predicted molar refractivity (Wildman–Crippen MR) is 72.1 cm³/mol. The number of H-pyrrole nitrogens is 1. The fourth-order valence-electron chi connectivity index (χ4n) is 1.35. The van der Waals surface area contributed by atoms with Crippen LogP contribution in [0.5, 0.6) is 0 Å². The van der Waals surface area contributed by atoms with Crippen molar-refractivity contribution >= 4 is 23.7 Å². The van der Waals surface area contributed by atoms with Gasteiger partial charge in [0.05, 0.1) is 19.4 Å². The van der Waals surface area contributed by atoms with Crippen LogP contribution in [0.1, 0.15) is 24.2 Å². The Bertz CT molecular complexity index is 544. The Hall–Kier alpha value is -2.84. The van der Waals surface area contributed by atoms with Crippen molar-refractivity contribution in [3.8, 4) is 0 Å². The molecule has 0 aliphatic carbocycles.